The van der Waals surface area contributed by atoms with Crippen molar-refractivity contribution in [2.45, 2.75) is 6.42 Å². The molecule has 0 aliphatic heterocycles. The number of pyridine rings is 1. The Kier molecular flexibility index (Phi) is 4.39. The molecule has 19 heavy (non-hydrogen) atoms. The Morgan fingerprint density at radius 2 is 2.16 bits per heavy atom. The van der Waals surface area contributed by atoms with Crippen LogP contribution >= 0.6 is 27.5 Å². The highest BCUT2D eigenvalue weighted by atomic mass is 79.9. The molecule has 0 atom stereocenters. The number of nitrogens with zero attached hydrogens (tertiary/aromatic N) is 1. The van der Waals surface area contributed by atoms with E-state index >= 15 is 0 Å². The molecule has 2 aromatic rings. The number of carbonyl (C=O) groups excluding carboxylic acids is 1. The van der Waals surface area contributed by atoms with E-state index in [0.29, 0.717) is 22.1 Å². The fraction of sp³-hybridized carbons (Fsp3) is 0.0769. The van der Waals surface area contributed by atoms with Crippen LogP contribution in [0.25, 0.3) is 0 Å². The van der Waals surface area contributed by atoms with Gasteiger partial charge in [0.15, 0.2) is 0 Å². The van der Waals surface area contributed by atoms with Gasteiger partial charge >= 0.3 is 0 Å². The number of anilines is 2. The lowest BCUT2D eigenvalue weighted by Crippen LogP contribution is -2.15. The molecule has 0 fully saturated rings. The monoisotopic (exact) mass is 339 g/mol. The predicted octanol–water partition coefficient (Wildman–Crippen LogP) is 3.26. The van der Waals surface area contributed by atoms with Crippen LogP contribution < -0.4 is 11.1 Å². The van der Waals surface area contributed by atoms with Crippen LogP contribution in [-0.4, -0.2) is 10.9 Å². The minimum Gasteiger partial charge on any atom is -0.397 e. The molecular formula is C13H11BrClN3O. The minimum atomic E-state index is -0.147. The van der Waals surface area contributed by atoms with Crippen molar-refractivity contribution in [1.29, 1.82) is 0 Å². The SMILES string of the molecule is Nc1ccc(CC(=O)Nc2ccc(Cl)c(Br)c2)nc1. The van der Waals surface area contributed by atoms with E-state index < -0.39 is 0 Å². The van der Waals surface area contributed by atoms with Gasteiger partial charge < -0.3 is 11.1 Å². The predicted molar refractivity (Wildman–Crippen MR) is 80.1 cm³/mol. The summed E-state index contributed by atoms with van der Waals surface area (Å²) in [6.45, 7) is 0. The van der Waals surface area contributed by atoms with Crippen molar-refractivity contribution < 1.29 is 4.79 Å². The number of nitrogen functional groups attached to an aromatic ring is 1. The van der Waals surface area contributed by atoms with E-state index in [0.717, 1.165) is 4.47 Å². The Labute approximate surface area is 124 Å². The minimum absolute atomic E-state index is 0.147. The quantitative estimate of drug-likeness (QED) is 0.901. The lowest BCUT2D eigenvalue weighted by molar-refractivity contribution is -0.115. The van der Waals surface area contributed by atoms with E-state index in [2.05, 4.69) is 26.2 Å². The Bertz CT molecular complexity index is 601. The third-order valence-electron chi connectivity index (χ3n) is 2.39. The molecule has 0 aliphatic rings. The van der Waals surface area contributed by atoms with Gasteiger partial charge in [-0.05, 0) is 46.3 Å². The van der Waals surface area contributed by atoms with Gasteiger partial charge in [0.2, 0.25) is 5.91 Å². The first-order chi connectivity index (χ1) is 9.04. The number of rotatable bonds is 3. The van der Waals surface area contributed by atoms with Gasteiger partial charge in [-0.15, -0.1) is 0 Å². The van der Waals surface area contributed by atoms with Gasteiger partial charge in [0.25, 0.3) is 0 Å². The highest BCUT2D eigenvalue weighted by molar-refractivity contribution is 9.10. The molecule has 1 aromatic carbocycles. The maximum atomic E-state index is 11.8. The summed E-state index contributed by atoms with van der Waals surface area (Å²) < 4.78 is 0.734. The zero-order valence-corrected chi connectivity index (χ0v) is 12.2. The number of aromatic nitrogens is 1. The van der Waals surface area contributed by atoms with E-state index in [1.807, 2.05) is 0 Å². The van der Waals surface area contributed by atoms with Crippen LogP contribution in [0.2, 0.25) is 5.02 Å². The molecule has 98 valence electrons. The average molecular weight is 341 g/mol. The van der Waals surface area contributed by atoms with Crippen molar-refractivity contribution >= 4 is 44.8 Å². The second-order valence-corrected chi connectivity index (χ2v) is 5.20. The molecule has 2 rings (SSSR count). The Hall–Kier alpha value is -1.59. The van der Waals surface area contributed by atoms with Gasteiger partial charge in [-0.1, -0.05) is 11.6 Å². The highest BCUT2D eigenvalue weighted by Gasteiger charge is 2.06. The lowest BCUT2D eigenvalue weighted by atomic mass is 10.2. The van der Waals surface area contributed by atoms with Gasteiger partial charge in [-0.25, -0.2) is 0 Å². The summed E-state index contributed by atoms with van der Waals surface area (Å²) in [7, 11) is 0. The highest BCUT2D eigenvalue weighted by Crippen LogP contribution is 2.25. The standard InChI is InChI=1S/C13H11BrClN3O/c14-11-5-10(3-4-12(11)15)18-13(19)6-9-2-1-8(16)7-17-9/h1-5,7H,6,16H2,(H,18,19). The number of carbonyl (C=O) groups is 1. The van der Waals surface area contributed by atoms with E-state index in [-0.39, 0.29) is 12.3 Å². The molecule has 1 amide bonds. The zero-order valence-electron chi connectivity index (χ0n) is 9.86. The van der Waals surface area contributed by atoms with Crippen LogP contribution in [0, 0.1) is 0 Å². The van der Waals surface area contributed by atoms with E-state index in [1.165, 1.54) is 6.20 Å². The Balaban J connectivity index is 2.01. The fourth-order valence-corrected chi connectivity index (χ4v) is 1.98. The first-order valence-corrected chi connectivity index (χ1v) is 6.67. The number of nitrogens with two attached hydrogens (primary N) is 1. The summed E-state index contributed by atoms with van der Waals surface area (Å²) in [5.41, 5.74) is 7.45. The van der Waals surface area contributed by atoms with Gasteiger partial charge in [0.05, 0.1) is 23.3 Å². The third kappa shape index (κ3) is 3.94. The van der Waals surface area contributed by atoms with Gasteiger partial charge in [0.1, 0.15) is 0 Å². The average Bonchev–Trinajstić information content (AvgIpc) is 2.37. The molecule has 0 spiro atoms. The molecule has 1 heterocycles. The maximum Gasteiger partial charge on any atom is 0.230 e. The van der Waals surface area contributed by atoms with E-state index in [9.17, 15) is 4.79 Å². The summed E-state index contributed by atoms with van der Waals surface area (Å²) in [5.74, 6) is -0.147. The summed E-state index contributed by atoms with van der Waals surface area (Å²) in [6, 6.07) is 8.64. The first kappa shape index (κ1) is 13.8. The lowest BCUT2D eigenvalue weighted by Gasteiger charge is -2.06. The summed E-state index contributed by atoms with van der Waals surface area (Å²) in [5, 5.41) is 3.37. The largest absolute Gasteiger partial charge is 0.397 e. The summed E-state index contributed by atoms with van der Waals surface area (Å²) in [6.07, 6.45) is 1.72. The normalized spacial score (nSPS) is 10.2. The van der Waals surface area contributed by atoms with Crippen LogP contribution in [0.1, 0.15) is 5.69 Å². The van der Waals surface area contributed by atoms with Crippen LogP contribution in [0.5, 0.6) is 0 Å². The number of amides is 1. The van der Waals surface area contributed by atoms with Crippen molar-refractivity contribution in [2.75, 3.05) is 11.1 Å². The third-order valence-corrected chi connectivity index (χ3v) is 3.61. The fourth-order valence-electron chi connectivity index (χ4n) is 1.48. The smallest absolute Gasteiger partial charge is 0.230 e. The van der Waals surface area contributed by atoms with Crippen molar-refractivity contribution in [3.63, 3.8) is 0 Å². The molecular weight excluding hydrogens is 330 g/mol. The Morgan fingerprint density at radius 1 is 1.37 bits per heavy atom. The van der Waals surface area contributed by atoms with Gasteiger partial charge in [-0.3, -0.25) is 9.78 Å². The van der Waals surface area contributed by atoms with E-state index in [1.54, 1.807) is 30.3 Å². The molecule has 3 N–H and O–H groups in total. The van der Waals surface area contributed by atoms with Crippen LogP contribution in [0.15, 0.2) is 41.0 Å². The first-order valence-electron chi connectivity index (χ1n) is 5.50. The Morgan fingerprint density at radius 3 is 2.79 bits per heavy atom. The summed E-state index contributed by atoms with van der Waals surface area (Å²) >= 11 is 9.18. The second-order valence-electron chi connectivity index (χ2n) is 3.94. The number of hydrogen-bond donors (Lipinski definition) is 2. The van der Waals surface area contributed by atoms with Crippen LogP contribution in [-0.2, 0) is 11.2 Å². The van der Waals surface area contributed by atoms with Crippen molar-refractivity contribution in [3.8, 4) is 0 Å². The summed E-state index contributed by atoms with van der Waals surface area (Å²) in [4.78, 5) is 15.9. The number of hydrogen-bond acceptors (Lipinski definition) is 3. The zero-order chi connectivity index (χ0) is 13.8. The molecule has 0 bridgehead atoms. The van der Waals surface area contributed by atoms with Crippen LogP contribution in [0.3, 0.4) is 0 Å². The van der Waals surface area contributed by atoms with Gasteiger partial charge in [0, 0.05) is 15.9 Å². The van der Waals surface area contributed by atoms with Crippen LogP contribution in [0.4, 0.5) is 11.4 Å². The molecule has 0 aliphatic carbocycles. The molecule has 4 nitrogen and oxygen atoms in total. The number of halogens is 2. The molecule has 6 heteroatoms. The maximum absolute atomic E-state index is 11.8. The molecule has 0 radical (unpaired) electrons. The molecule has 0 saturated heterocycles. The molecule has 0 unspecified atom stereocenters. The molecule has 0 saturated carbocycles. The topological polar surface area (TPSA) is 68.0 Å². The second kappa shape index (κ2) is 6.04. The molecule has 1 aromatic heterocycles. The van der Waals surface area contributed by atoms with Crippen molar-refractivity contribution in [2.24, 2.45) is 0 Å². The van der Waals surface area contributed by atoms with Gasteiger partial charge in [-0.2, -0.15) is 0 Å². The van der Waals surface area contributed by atoms with Crippen molar-refractivity contribution in [3.05, 3.63) is 51.7 Å². The van der Waals surface area contributed by atoms with Crippen molar-refractivity contribution in [1.82, 2.24) is 4.98 Å². The number of nitrogens with one attached hydrogen (secondary N) is 1. The van der Waals surface area contributed by atoms with E-state index in [4.69, 9.17) is 17.3 Å². The number of benzene rings is 1.